The minimum atomic E-state index is -0.233. The van der Waals surface area contributed by atoms with Gasteiger partial charge in [0.2, 0.25) is 0 Å². The number of carbonyl (C=O) groups is 1. The molecular weight excluding hydrogens is 424 g/mol. The van der Waals surface area contributed by atoms with Crippen molar-refractivity contribution in [1.29, 1.82) is 0 Å². The van der Waals surface area contributed by atoms with Crippen LogP contribution in [-0.2, 0) is 12.3 Å². The van der Waals surface area contributed by atoms with Crippen molar-refractivity contribution in [3.05, 3.63) is 70.1 Å². The van der Waals surface area contributed by atoms with Gasteiger partial charge >= 0.3 is 0 Å². The van der Waals surface area contributed by atoms with Gasteiger partial charge in [-0.1, -0.05) is 30.0 Å². The van der Waals surface area contributed by atoms with Gasteiger partial charge in [-0.25, -0.2) is 9.97 Å². The second-order valence-electron chi connectivity index (χ2n) is 6.46. The minimum Gasteiger partial charge on any atom is -0.451 e. The molecule has 0 atom stereocenters. The number of imidazole rings is 1. The van der Waals surface area contributed by atoms with Crippen molar-refractivity contribution in [1.82, 2.24) is 19.7 Å². The Kier molecular flexibility index (Phi) is 4.86. The minimum absolute atomic E-state index is 0.233. The fourth-order valence-electron chi connectivity index (χ4n) is 3.07. The van der Waals surface area contributed by atoms with Crippen LogP contribution in [0.15, 0.2) is 56.2 Å². The average molecular weight is 441 g/mol. The number of benzene rings is 1. The molecule has 5 aromatic rings. The lowest BCUT2D eigenvalue weighted by molar-refractivity contribution is 0.0924. The number of furan rings is 1. The molecule has 0 saturated carbocycles. The van der Waals surface area contributed by atoms with Crippen LogP contribution in [0, 0.1) is 6.92 Å². The van der Waals surface area contributed by atoms with Crippen molar-refractivity contribution in [3.63, 3.8) is 0 Å². The molecule has 1 N–H and O–H groups in total. The maximum Gasteiger partial charge on any atom is 0.287 e. The Labute approximate surface area is 178 Å². The van der Waals surface area contributed by atoms with Gasteiger partial charge in [0.05, 0.1) is 12.2 Å². The Morgan fingerprint density at radius 2 is 2.17 bits per heavy atom. The van der Waals surface area contributed by atoms with Gasteiger partial charge in [-0.15, -0.1) is 22.7 Å². The lowest BCUT2D eigenvalue weighted by atomic mass is 10.1. The number of thioether (sulfide) groups is 1. The summed E-state index contributed by atoms with van der Waals surface area (Å²) in [6, 6.07) is 7.74. The van der Waals surface area contributed by atoms with Crippen molar-refractivity contribution in [2.24, 2.45) is 0 Å². The molecule has 0 fully saturated rings. The predicted molar refractivity (Wildman–Crippen MR) is 117 cm³/mol. The van der Waals surface area contributed by atoms with E-state index < -0.39 is 0 Å². The number of hydrogen-bond donors (Lipinski definition) is 1. The molecule has 0 aliphatic heterocycles. The summed E-state index contributed by atoms with van der Waals surface area (Å²) < 4.78 is 8.85. The van der Waals surface area contributed by atoms with Crippen LogP contribution in [0.4, 0.5) is 0 Å². The molecule has 1 amide bonds. The van der Waals surface area contributed by atoms with Crippen LogP contribution in [-0.4, -0.2) is 20.3 Å². The molecule has 6 nitrogen and oxygen atoms in total. The maximum atomic E-state index is 12.9. The van der Waals surface area contributed by atoms with Gasteiger partial charge in [-0.3, -0.25) is 9.20 Å². The quantitative estimate of drug-likeness (QED) is 0.371. The Balaban J connectivity index is 1.38. The lowest BCUT2D eigenvalue weighted by Crippen LogP contribution is -2.23. The van der Waals surface area contributed by atoms with E-state index in [4.69, 9.17) is 4.42 Å². The molecule has 0 unspecified atom stereocenters. The van der Waals surface area contributed by atoms with Crippen LogP contribution in [0.5, 0.6) is 0 Å². The van der Waals surface area contributed by atoms with E-state index in [-0.39, 0.29) is 5.91 Å². The Morgan fingerprint density at radius 3 is 3.00 bits per heavy atom. The molecule has 0 aliphatic carbocycles. The molecule has 0 bridgehead atoms. The van der Waals surface area contributed by atoms with Crippen LogP contribution in [0.1, 0.15) is 27.5 Å². The molecule has 0 spiro atoms. The standard InChI is InChI=1S/C20H16N4O2S3/c1-12-10-28-20(22-12)29-11-15-14-4-2-3-5-16(14)26-17(15)18(25)21-8-13-9-24-6-7-27-19(24)23-13/h2-7,9-10H,8,11H2,1H3,(H,21,25). The van der Waals surface area contributed by atoms with E-state index in [1.54, 1.807) is 34.4 Å². The maximum absolute atomic E-state index is 12.9. The second kappa shape index (κ2) is 7.66. The third-order valence-electron chi connectivity index (χ3n) is 4.42. The number of carbonyl (C=O) groups excluding carboxylic acids is 1. The highest BCUT2D eigenvalue weighted by molar-refractivity contribution is 8.00. The molecule has 29 heavy (non-hydrogen) atoms. The molecule has 1 aromatic carbocycles. The molecule has 5 rings (SSSR count). The van der Waals surface area contributed by atoms with Crippen molar-refractivity contribution in [2.45, 2.75) is 23.6 Å². The third kappa shape index (κ3) is 3.68. The largest absolute Gasteiger partial charge is 0.451 e. The van der Waals surface area contributed by atoms with Gasteiger partial charge in [-0.05, 0) is 13.0 Å². The SMILES string of the molecule is Cc1csc(SCc2c(C(=O)NCc3cn4ccsc4n3)oc3ccccc23)n1. The first-order valence-corrected chi connectivity index (χ1v) is 11.7. The van der Waals surface area contributed by atoms with Crippen LogP contribution >= 0.6 is 34.4 Å². The topological polar surface area (TPSA) is 72.4 Å². The lowest BCUT2D eigenvalue weighted by Gasteiger charge is -2.04. The average Bonchev–Trinajstić information content (AvgIpc) is 3.47. The highest BCUT2D eigenvalue weighted by atomic mass is 32.2. The third-order valence-corrected chi connectivity index (χ3v) is 7.35. The fourth-order valence-corrected chi connectivity index (χ4v) is 5.67. The van der Waals surface area contributed by atoms with E-state index in [9.17, 15) is 4.79 Å². The fraction of sp³-hybridized carbons (Fsp3) is 0.150. The first-order valence-electron chi connectivity index (χ1n) is 8.92. The van der Waals surface area contributed by atoms with Crippen molar-refractivity contribution >= 4 is 56.3 Å². The first-order chi connectivity index (χ1) is 14.2. The Hall–Kier alpha value is -2.62. The summed E-state index contributed by atoms with van der Waals surface area (Å²) >= 11 is 4.79. The summed E-state index contributed by atoms with van der Waals surface area (Å²) in [5.41, 5.74) is 3.43. The highest BCUT2D eigenvalue weighted by Crippen LogP contribution is 2.33. The number of hydrogen-bond acceptors (Lipinski definition) is 7. The Morgan fingerprint density at radius 1 is 1.28 bits per heavy atom. The molecule has 4 heterocycles. The molecule has 9 heteroatoms. The molecule has 0 saturated heterocycles. The smallest absolute Gasteiger partial charge is 0.287 e. The summed E-state index contributed by atoms with van der Waals surface area (Å²) in [6.07, 6.45) is 3.87. The summed E-state index contributed by atoms with van der Waals surface area (Å²) in [4.78, 5) is 22.8. The number of amides is 1. The number of aryl methyl sites for hydroxylation is 1. The highest BCUT2D eigenvalue weighted by Gasteiger charge is 2.21. The summed E-state index contributed by atoms with van der Waals surface area (Å²) in [7, 11) is 0. The monoisotopic (exact) mass is 440 g/mol. The van der Waals surface area contributed by atoms with Crippen LogP contribution in [0.2, 0.25) is 0 Å². The number of thiazole rings is 2. The molecule has 0 radical (unpaired) electrons. The molecule has 146 valence electrons. The van der Waals surface area contributed by atoms with Gasteiger partial charge in [0.15, 0.2) is 10.7 Å². The number of fused-ring (bicyclic) bond motifs is 2. The second-order valence-corrected chi connectivity index (χ2v) is 9.41. The van der Waals surface area contributed by atoms with E-state index in [2.05, 4.69) is 15.3 Å². The van der Waals surface area contributed by atoms with Crippen molar-refractivity contribution in [2.75, 3.05) is 0 Å². The van der Waals surface area contributed by atoms with Crippen molar-refractivity contribution < 1.29 is 9.21 Å². The zero-order chi connectivity index (χ0) is 19.8. The molecular formula is C20H16N4O2S3. The van der Waals surface area contributed by atoms with E-state index in [0.29, 0.717) is 23.6 Å². The van der Waals surface area contributed by atoms with E-state index in [1.807, 2.05) is 58.7 Å². The number of nitrogens with one attached hydrogen (secondary N) is 1. The van der Waals surface area contributed by atoms with Gasteiger partial charge in [0.25, 0.3) is 5.91 Å². The summed E-state index contributed by atoms with van der Waals surface area (Å²) in [6.45, 7) is 2.33. The number of para-hydroxylation sites is 1. The van der Waals surface area contributed by atoms with E-state index in [0.717, 1.165) is 31.6 Å². The van der Waals surface area contributed by atoms with Crippen molar-refractivity contribution in [3.8, 4) is 0 Å². The van der Waals surface area contributed by atoms with E-state index >= 15 is 0 Å². The molecule has 4 aromatic heterocycles. The van der Waals surface area contributed by atoms with E-state index in [1.165, 1.54) is 0 Å². The van der Waals surface area contributed by atoms with Gasteiger partial charge in [0, 0.05) is 45.6 Å². The zero-order valence-corrected chi connectivity index (χ0v) is 17.9. The number of nitrogens with zero attached hydrogens (tertiary/aromatic N) is 3. The van der Waals surface area contributed by atoms with Gasteiger partial charge in [-0.2, -0.15) is 0 Å². The predicted octanol–water partition coefficient (Wildman–Crippen LogP) is 5.13. The van der Waals surface area contributed by atoms with Gasteiger partial charge in [0.1, 0.15) is 9.92 Å². The normalized spacial score (nSPS) is 11.5. The number of rotatable bonds is 6. The first kappa shape index (κ1) is 18.4. The summed E-state index contributed by atoms with van der Waals surface area (Å²) in [5, 5.41) is 7.91. The number of aromatic nitrogens is 3. The summed E-state index contributed by atoms with van der Waals surface area (Å²) in [5.74, 6) is 0.740. The zero-order valence-electron chi connectivity index (χ0n) is 15.4. The van der Waals surface area contributed by atoms with Gasteiger partial charge < -0.3 is 9.73 Å². The van der Waals surface area contributed by atoms with Crippen LogP contribution in [0.3, 0.4) is 0 Å². The van der Waals surface area contributed by atoms with Crippen LogP contribution in [0.25, 0.3) is 15.9 Å². The van der Waals surface area contributed by atoms with Crippen LogP contribution < -0.4 is 5.32 Å². The molecule has 0 aliphatic rings. The Bertz CT molecular complexity index is 1290.